The number of aliphatic hydroxyl groups is 5. The molecule has 0 radical (unpaired) electrons. The number of hydrogen-bond donors (Lipinski definition) is 6. The summed E-state index contributed by atoms with van der Waals surface area (Å²) in [6.07, 6.45) is 66.1. The van der Waals surface area contributed by atoms with E-state index in [2.05, 4.69) is 79.9 Å². The van der Waals surface area contributed by atoms with Gasteiger partial charge in [-0.2, -0.15) is 0 Å². The number of ether oxygens (including phenoxy) is 3. The highest BCUT2D eigenvalue weighted by molar-refractivity contribution is 5.76. The third-order valence-corrected chi connectivity index (χ3v) is 15.0. The average molecular weight is 1110 g/mol. The maximum absolute atomic E-state index is 13.0. The molecule has 7 unspecified atom stereocenters. The smallest absolute Gasteiger partial charge is 0.305 e. The first-order valence-corrected chi connectivity index (χ1v) is 32.7. The SMILES string of the molecule is CCCCC/C=C\C/C=C\CCCCCCCC(=O)OCCCCCCCCCCC/C=C\C/C=C\CCCCCCCCCCCCCC(=O)NC(COC1OC(CO)C(O)C(O)C1O)C(O)/C=C/CC/C=C/CCCCC. The van der Waals surface area contributed by atoms with Crippen LogP contribution >= 0.6 is 0 Å². The van der Waals surface area contributed by atoms with Crippen LogP contribution in [0, 0.1) is 0 Å². The highest BCUT2D eigenvalue weighted by Crippen LogP contribution is 2.23. The van der Waals surface area contributed by atoms with E-state index in [0.717, 1.165) is 83.5 Å². The number of carbonyl (C=O) groups excluding carboxylic acids is 2. The maximum atomic E-state index is 13.0. The molecule has 0 saturated carbocycles. The highest BCUT2D eigenvalue weighted by Gasteiger charge is 2.44. The fourth-order valence-electron chi connectivity index (χ4n) is 9.80. The summed E-state index contributed by atoms with van der Waals surface area (Å²) in [6.45, 7) is 4.24. The number of esters is 1. The van der Waals surface area contributed by atoms with Crippen molar-refractivity contribution in [2.45, 2.75) is 326 Å². The molecule has 1 rings (SSSR count). The van der Waals surface area contributed by atoms with Crippen molar-refractivity contribution in [2.24, 2.45) is 0 Å². The topological polar surface area (TPSA) is 175 Å². The zero-order chi connectivity index (χ0) is 57.3. The van der Waals surface area contributed by atoms with Crippen LogP contribution in [0.1, 0.15) is 284 Å². The van der Waals surface area contributed by atoms with Crippen LogP contribution < -0.4 is 5.32 Å². The van der Waals surface area contributed by atoms with Gasteiger partial charge in [0.2, 0.25) is 5.91 Å². The van der Waals surface area contributed by atoms with Crippen molar-refractivity contribution in [1.29, 1.82) is 0 Å². The predicted octanol–water partition coefficient (Wildman–Crippen LogP) is 16.0. The number of carbonyl (C=O) groups is 2. The average Bonchev–Trinajstić information content (AvgIpc) is 3.47. The minimum absolute atomic E-state index is 0.0141. The lowest BCUT2D eigenvalue weighted by atomic mass is 9.99. The molecule has 6 N–H and O–H groups in total. The number of allylic oxidation sites excluding steroid dienone is 11. The van der Waals surface area contributed by atoms with Gasteiger partial charge in [-0.3, -0.25) is 9.59 Å². The van der Waals surface area contributed by atoms with Crippen molar-refractivity contribution in [3.05, 3.63) is 72.9 Å². The van der Waals surface area contributed by atoms with Crippen LogP contribution in [0.2, 0.25) is 0 Å². The highest BCUT2D eigenvalue weighted by atomic mass is 16.7. The molecule has 0 aromatic heterocycles. The number of unbranched alkanes of at least 4 members (excludes halogenated alkanes) is 32. The second kappa shape index (κ2) is 56.9. The Morgan fingerprint density at radius 1 is 0.468 bits per heavy atom. The lowest BCUT2D eigenvalue weighted by Gasteiger charge is -2.40. The minimum atomic E-state index is -1.58. The Balaban J connectivity index is 1.98. The molecule has 0 aromatic rings. The zero-order valence-corrected chi connectivity index (χ0v) is 50.6. The van der Waals surface area contributed by atoms with Crippen molar-refractivity contribution < 1.29 is 49.3 Å². The third kappa shape index (κ3) is 46.3. The van der Waals surface area contributed by atoms with Gasteiger partial charge in [-0.25, -0.2) is 0 Å². The van der Waals surface area contributed by atoms with Gasteiger partial charge in [-0.05, 0) is 109 Å². The van der Waals surface area contributed by atoms with E-state index in [9.17, 15) is 35.1 Å². The Morgan fingerprint density at radius 3 is 1.33 bits per heavy atom. The van der Waals surface area contributed by atoms with Crippen LogP contribution in [0.3, 0.4) is 0 Å². The summed E-state index contributed by atoms with van der Waals surface area (Å²) in [5.74, 6) is -0.213. The number of hydrogen-bond acceptors (Lipinski definition) is 10. The van der Waals surface area contributed by atoms with Gasteiger partial charge in [0, 0.05) is 12.8 Å². The Labute approximate surface area is 483 Å². The summed E-state index contributed by atoms with van der Waals surface area (Å²) in [5, 5.41) is 54.2. The number of nitrogens with one attached hydrogen (secondary N) is 1. The van der Waals surface area contributed by atoms with Crippen molar-refractivity contribution in [1.82, 2.24) is 5.32 Å². The fraction of sp³-hybridized carbons (Fsp3) is 0.794. The van der Waals surface area contributed by atoms with E-state index in [-0.39, 0.29) is 18.5 Å². The van der Waals surface area contributed by atoms with Crippen molar-refractivity contribution >= 4 is 11.9 Å². The summed E-state index contributed by atoms with van der Waals surface area (Å²) < 4.78 is 16.7. The van der Waals surface area contributed by atoms with Gasteiger partial charge in [-0.15, -0.1) is 0 Å². The van der Waals surface area contributed by atoms with Gasteiger partial charge < -0.3 is 45.1 Å². The summed E-state index contributed by atoms with van der Waals surface area (Å²) in [7, 11) is 0. The Bertz CT molecular complexity index is 1540. The van der Waals surface area contributed by atoms with E-state index in [4.69, 9.17) is 14.2 Å². The van der Waals surface area contributed by atoms with Crippen molar-refractivity contribution in [3.63, 3.8) is 0 Å². The minimum Gasteiger partial charge on any atom is -0.466 e. The fourth-order valence-corrected chi connectivity index (χ4v) is 9.80. The van der Waals surface area contributed by atoms with E-state index in [1.54, 1.807) is 6.08 Å². The monoisotopic (exact) mass is 1110 g/mol. The molecular formula is C68H121NO10. The van der Waals surface area contributed by atoms with Crippen molar-refractivity contribution in [3.8, 4) is 0 Å². The standard InChI is InChI=1S/C68H121NO10/c1-3-5-7-9-11-13-14-15-29-33-36-40-44-48-52-56-64(73)77-57-53-49-45-41-37-34-31-28-26-24-22-20-18-16-17-19-21-23-25-27-30-32-35-39-43-47-51-55-63(72)69-60(61(71)54-50-46-42-38-12-10-8-6-4-2)59-78-68-67(76)66(75)65(74)62(58-70)79-68/h11-13,15-17,20,22,29,38,50,54,60-62,65-68,70-71,74-76H,3-10,14,18-19,21,23-28,30-37,39-49,51-53,55-59H2,1-2H3,(H,69,72)/b13-11-,17-16-,22-20-,29-15-,38-12+,54-50+. The summed E-state index contributed by atoms with van der Waals surface area (Å²) >= 11 is 0. The van der Waals surface area contributed by atoms with Crippen molar-refractivity contribution in [2.75, 3.05) is 19.8 Å². The first-order chi connectivity index (χ1) is 38.7. The third-order valence-electron chi connectivity index (χ3n) is 15.0. The first kappa shape index (κ1) is 74.1. The molecule has 1 fully saturated rings. The van der Waals surface area contributed by atoms with Gasteiger partial charge in [0.25, 0.3) is 0 Å². The predicted molar refractivity (Wildman–Crippen MR) is 329 cm³/mol. The first-order valence-electron chi connectivity index (χ1n) is 32.7. The van der Waals surface area contributed by atoms with Gasteiger partial charge in [0.15, 0.2) is 6.29 Å². The van der Waals surface area contributed by atoms with Gasteiger partial charge in [-0.1, -0.05) is 234 Å². The van der Waals surface area contributed by atoms with E-state index in [0.29, 0.717) is 19.4 Å². The van der Waals surface area contributed by atoms with Crippen LogP contribution in [0.5, 0.6) is 0 Å². The Kier molecular flexibility index (Phi) is 53.4. The molecule has 0 spiro atoms. The van der Waals surface area contributed by atoms with Crippen LogP contribution in [0.25, 0.3) is 0 Å². The molecule has 0 aromatic carbocycles. The molecule has 11 nitrogen and oxygen atoms in total. The lowest BCUT2D eigenvalue weighted by Crippen LogP contribution is -2.60. The molecule has 0 bridgehead atoms. The quantitative estimate of drug-likeness (QED) is 0.0195. The van der Waals surface area contributed by atoms with Crippen LogP contribution in [-0.4, -0.2) is 100 Å². The van der Waals surface area contributed by atoms with E-state index >= 15 is 0 Å². The molecule has 1 aliphatic heterocycles. The molecule has 1 heterocycles. The van der Waals surface area contributed by atoms with Crippen LogP contribution in [0.4, 0.5) is 0 Å². The lowest BCUT2D eigenvalue weighted by molar-refractivity contribution is -0.302. The van der Waals surface area contributed by atoms with E-state index < -0.39 is 49.5 Å². The largest absolute Gasteiger partial charge is 0.466 e. The number of rotatable bonds is 56. The van der Waals surface area contributed by atoms with Crippen LogP contribution in [-0.2, 0) is 23.8 Å². The second-order valence-corrected chi connectivity index (χ2v) is 22.4. The van der Waals surface area contributed by atoms with Gasteiger partial charge in [0.05, 0.1) is 32.0 Å². The Hall–Kier alpha value is -2.90. The molecule has 79 heavy (non-hydrogen) atoms. The Morgan fingerprint density at radius 2 is 0.861 bits per heavy atom. The normalized spacial score (nSPS) is 18.9. The molecule has 1 saturated heterocycles. The molecular weight excluding hydrogens is 991 g/mol. The second-order valence-electron chi connectivity index (χ2n) is 22.4. The van der Waals surface area contributed by atoms with Gasteiger partial charge in [0.1, 0.15) is 24.4 Å². The van der Waals surface area contributed by atoms with E-state index in [1.165, 1.54) is 173 Å². The molecule has 11 heteroatoms. The summed E-state index contributed by atoms with van der Waals surface area (Å²) in [5.41, 5.74) is 0. The molecule has 1 aliphatic rings. The van der Waals surface area contributed by atoms with Crippen LogP contribution in [0.15, 0.2) is 72.9 Å². The van der Waals surface area contributed by atoms with E-state index in [1.807, 2.05) is 6.08 Å². The number of amides is 1. The zero-order valence-electron chi connectivity index (χ0n) is 50.6. The molecule has 1 amide bonds. The number of aliphatic hydroxyl groups excluding tert-OH is 5. The molecule has 458 valence electrons. The maximum Gasteiger partial charge on any atom is 0.305 e. The summed E-state index contributed by atoms with van der Waals surface area (Å²) in [6, 6.07) is -0.830. The summed E-state index contributed by atoms with van der Waals surface area (Å²) in [4.78, 5) is 25.1. The molecule has 7 atom stereocenters. The molecule has 0 aliphatic carbocycles. The van der Waals surface area contributed by atoms with Gasteiger partial charge >= 0.3 is 5.97 Å².